The molecule has 1 aromatic carbocycles. The van der Waals surface area contributed by atoms with Crippen molar-refractivity contribution in [3.63, 3.8) is 0 Å². The molecule has 0 aliphatic heterocycles. The molecule has 2 rings (SSSR count). The normalized spacial score (nSPS) is 12.1. The highest BCUT2D eigenvalue weighted by atomic mass is 16.5. The number of hydrogen-bond acceptors (Lipinski definition) is 4. The minimum absolute atomic E-state index is 0.0722. The van der Waals surface area contributed by atoms with Gasteiger partial charge in [-0.25, -0.2) is 4.79 Å². The van der Waals surface area contributed by atoms with Crippen molar-refractivity contribution in [1.29, 1.82) is 0 Å². The van der Waals surface area contributed by atoms with Gasteiger partial charge in [0.15, 0.2) is 11.5 Å². The van der Waals surface area contributed by atoms with Gasteiger partial charge in [0.1, 0.15) is 5.75 Å². The van der Waals surface area contributed by atoms with E-state index in [0.717, 1.165) is 6.42 Å². The lowest BCUT2D eigenvalue weighted by Gasteiger charge is -2.14. The topological polar surface area (TPSA) is 72.6 Å². The minimum Gasteiger partial charge on any atom is -0.490 e. The molecule has 1 atom stereocenters. The molecule has 0 radical (unpaired) electrons. The van der Waals surface area contributed by atoms with Crippen molar-refractivity contribution in [2.45, 2.75) is 26.4 Å². The Morgan fingerprint density at radius 2 is 2.21 bits per heavy atom. The summed E-state index contributed by atoms with van der Waals surface area (Å²) in [5.74, 6) is -0.0726. The Hall–Kier alpha value is -2.30. The predicted octanol–water partition coefficient (Wildman–Crippen LogP) is 3.22. The Labute approximate surface area is 110 Å². The van der Waals surface area contributed by atoms with E-state index in [-0.39, 0.29) is 11.8 Å². The first kappa shape index (κ1) is 13.1. The zero-order valence-corrected chi connectivity index (χ0v) is 10.8. The van der Waals surface area contributed by atoms with E-state index < -0.39 is 5.97 Å². The average molecular weight is 261 g/mol. The molecule has 1 N–H and O–H groups in total. The van der Waals surface area contributed by atoms with Crippen LogP contribution in [0.2, 0.25) is 0 Å². The number of nitrogens with zero attached hydrogens (tertiary/aromatic N) is 1. The Balaban J connectivity index is 2.35. The van der Waals surface area contributed by atoms with Crippen molar-refractivity contribution < 1.29 is 19.2 Å². The van der Waals surface area contributed by atoms with Crippen LogP contribution in [0.25, 0.3) is 11.3 Å². The number of carbonyl (C=O) groups is 1. The fraction of sp³-hybridized carbons (Fsp3) is 0.286. The van der Waals surface area contributed by atoms with Crippen LogP contribution in [0, 0.1) is 0 Å². The summed E-state index contributed by atoms with van der Waals surface area (Å²) in [5.41, 5.74) is 0.580. The van der Waals surface area contributed by atoms with Gasteiger partial charge in [0.05, 0.1) is 11.7 Å². The van der Waals surface area contributed by atoms with E-state index in [1.165, 1.54) is 6.07 Å². The smallest absolute Gasteiger partial charge is 0.358 e. The first-order chi connectivity index (χ1) is 9.11. The molecule has 19 heavy (non-hydrogen) atoms. The summed E-state index contributed by atoms with van der Waals surface area (Å²) in [6.45, 7) is 4.00. The Kier molecular flexibility index (Phi) is 3.85. The van der Waals surface area contributed by atoms with E-state index in [9.17, 15) is 4.79 Å². The predicted molar refractivity (Wildman–Crippen MR) is 69.3 cm³/mol. The molecule has 100 valence electrons. The van der Waals surface area contributed by atoms with Gasteiger partial charge in [0.25, 0.3) is 0 Å². The van der Waals surface area contributed by atoms with Gasteiger partial charge < -0.3 is 14.4 Å². The fourth-order valence-electron chi connectivity index (χ4n) is 1.58. The third kappa shape index (κ3) is 2.93. The summed E-state index contributed by atoms with van der Waals surface area (Å²) >= 11 is 0. The number of para-hydroxylation sites is 1. The lowest BCUT2D eigenvalue weighted by Crippen LogP contribution is -2.10. The monoisotopic (exact) mass is 261 g/mol. The van der Waals surface area contributed by atoms with Gasteiger partial charge in [-0.3, -0.25) is 0 Å². The maximum absolute atomic E-state index is 10.8. The standard InChI is InChI=1S/C14H15NO4/c1-3-9(2)18-12-7-5-4-6-10(12)13-8-11(14(16)17)15-19-13/h4-9H,3H2,1-2H3,(H,16,17). The first-order valence-electron chi connectivity index (χ1n) is 6.08. The number of aromatic carboxylic acids is 1. The Bertz CT molecular complexity index is 576. The van der Waals surface area contributed by atoms with Crippen molar-refractivity contribution in [2.75, 3.05) is 0 Å². The molecule has 0 spiro atoms. The van der Waals surface area contributed by atoms with Gasteiger partial charge in [0, 0.05) is 6.07 Å². The van der Waals surface area contributed by atoms with Crippen molar-refractivity contribution in [3.8, 4) is 17.1 Å². The molecule has 0 amide bonds. The van der Waals surface area contributed by atoms with Crippen molar-refractivity contribution in [2.24, 2.45) is 0 Å². The number of aromatic nitrogens is 1. The van der Waals surface area contributed by atoms with E-state index in [1.54, 1.807) is 0 Å². The van der Waals surface area contributed by atoms with Crippen LogP contribution in [-0.2, 0) is 0 Å². The number of ether oxygens (including phenoxy) is 1. The molecule has 0 fully saturated rings. The molecule has 0 saturated carbocycles. The van der Waals surface area contributed by atoms with Crippen molar-refractivity contribution >= 4 is 5.97 Å². The lowest BCUT2D eigenvalue weighted by atomic mass is 10.1. The molecule has 5 nitrogen and oxygen atoms in total. The summed E-state index contributed by atoms with van der Waals surface area (Å²) in [5, 5.41) is 12.3. The molecule has 0 aliphatic rings. The van der Waals surface area contributed by atoms with E-state index in [0.29, 0.717) is 17.1 Å². The van der Waals surface area contributed by atoms with Crippen LogP contribution in [0.5, 0.6) is 5.75 Å². The average Bonchev–Trinajstić information content (AvgIpc) is 2.89. The van der Waals surface area contributed by atoms with E-state index >= 15 is 0 Å². The maximum Gasteiger partial charge on any atom is 0.358 e. The summed E-state index contributed by atoms with van der Waals surface area (Å²) in [7, 11) is 0. The number of carboxylic acids is 1. The molecular formula is C14H15NO4. The van der Waals surface area contributed by atoms with E-state index in [4.69, 9.17) is 14.4 Å². The second kappa shape index (κ2) is 5.56. The maximum atomic E-state index is 10.8. The van der Waals surface area contributed by atoms with Crippen LogP contribution in [0.1, 0.15) is 30.8 Å². The first-order valence-corrected chi connectivity index (χ1v) is 6.08. The number of hydrogen-bond donors (Lipinski definition) is 1. The van der Waals surface area contributed by atoms with Crippen molar-refractivity contribution in [1.82, 2.24) is 5.16 Å². The Morgan fingerprint density at radius 1 is 1.47 bits per heavy atom. The SMILES string of the molecule is CCC(C)Oc1ccccc1-c1cc(C(=O)O)no1. The molecule has 1 unspecified atom stereocenters. The van der Waals surface area contributed by atoms with Gasteiger partial charge in [-0.15, -0.1) is 0 Å². The van der Waals surface area contributed by atoms with Crippen molar-refractivity contribution in [3.05, 3.63) is 36.0 Å². The number of rotatable bonds is 5. The van der Waals surface area contributed by atoms with Gasteiger partial charge in [-0.1, -0.05) is 24.2 Å². The molecule has 0 bridgehead atoms. The molecular weight excluding hydrogens is 246 g/mol. The number of benzene rings is 1. The third-order valence-corrected chi connectivity index (χ3v) is 2.78. The lowest BCUT2D eigenvalue weighted by molar-refractivity contribution is 0.0686. The molecule has 0 aliphatic carbocycles. The highest BCUT2D eigenvalue weighted by molar-refractivity contribution is 5.86. The van der Waals surface area contributed by atoms with Crippen LogP contribution in [0.15, 0.2) is 34.9 Å². The zero-order valence-electron chi connectivity index (χ0n) is 10.8. The van der Waals surface area contributed by atoms with Crippen LogP contribution < -0.4 is 4.74 Å². The highest BCUT2D eigenvalue weighted by Crippen LogP contribution is 2.31. The number of carboxylic acid groups (broad SMARTS) is 1. The zero-order chi connectivity index (χ0) is 13.8. The summed E-state index contributed by atoms with van der Waals surface area (Å²) in [6.07, 6.45) is 0.952. The third-order valence-electron chi connectivity index (χ3n) is 2.78. The Morgan fingerprint density at radius 3 is 2.84 bits per heavy atom. The largest absolute Gasteiger partial charge is 0.490 e. The van der Waals surface area contributed by atoms with Gasteiger partial charge in [-0.05, 0) is 25.5 Å². The second-order valence-corrected chi connectivity index (χ2v) is 4.21. The molecule has 1 aromatic heterocycles. The molecule has 1 heterocycles. The fourth-order valence-corrected chi connectivity index (χ4v) is 1.58. The van der Waals surface area contributed by atoms with Crippen LogP contribution in [-0.4, -0.2) is 22.3 Å². The quantitative estimate of drug-likeness (QED) is 0.894. The summed E-state index contributed by atoms with van der Waals surface area (Å²) < 4.78 is 10.8. The van der Waals surface area contributed by atoms with Crippen LogP contribution in [0.3, 0.4) is 0 Å². The molecule has 2 aromatic rings. The molecule has 5 heteroatoms. The van der Waals surface area contributed by atoms with Gasteiger partial charge >= 0.3 is 5.97 Å². The minimum atomic E-state index is -1.12. The highest BCUT2D eigenvalue weighted by Gasteiger charge is 2.16. The van der Waals surface area contributed by atoms with Crippen LogP contribution >= 0.6 is 0 Å². The second-order valence-electron chi connectivity index (χ2n) is 4.21. The van der Waals surface area contributed by atoms with Crippen LogP contribution in [0.4, 0.5) is 0 Å². The van der Waals surface area contributed by atoms with E-state index in [1.807, 2.05) is 38.1 Å². The van der Waals surface area contributed by atoms with Gasteiger partial charge in [-0.2, -0.15) is 0 Å². The summed E-state index contributed by atoms with van der Waals surface area (Å²) in [4.78, 5) is 10.8. The van der Waals surface area contributed by atoms with E-state index in [2.05, 4.69) is 5.16 Å². The van der Waals surface area contributed by atoms with Gasteiger partial charge in [0.2, 0.25) is 0 Å². The molecule has 0 saturated heterocycles. The summed E-state index contributed by atoms with van der Waals surface area (Å²) in [6, 6.07) is 8.72.